The number of anilines is 1. The number of benzene rings is 2. The van der Waals surface area contributed by atoms with E-state index in [1.807, 2.05) is 43.3 Å². The van der Waals surface area contributed by atoms with Crippen LogP contribution in [0.5, 0.6) is 0 Å². The zero-order valence-corrected chi connectivity index (χ0v) is 12.4. The van der Waals surface area contributed by atoms with Gasteiger partial charge >= 0.3 is 0 Å². The minimum absolute atomic E-state index is 0.181. The summed E-state index contributed by atoms with van der Waals surface area (Å²) in [5.41, 5.74) is 2.44. The summed E-state index contributed by atoms with van der Waals surface area (Å²) in [6.07, 6.45) is 1.53. The van der Waals surface area contributed by atoms with E-state index in [1.165, 1.54) is 6.08 Å². The van der Waals surface area contributed by atoms with Gasteiger partial charge in [0.1, 0.15) is 0 Å². The van der Waals surface area contributed by atoms with Crippen LogP contribution < -0.4 is 5.32 Å². The molecule has 0 spiro atoms. The topological polar surface area (TPSA) is 29.1 Å². The molecule has 0 saturated carbocycles. The van der Waals surface area contributed by atoms with Gasteiger partial charge in [0, 0.05) is 11.8 Å². The van der Waals surface area contributed by atoms with Crippen molar-refractivity contribution in [2.24, 2.45) is 0 Å². The second kappa shape index (κ2) is 6.60. The molecule has 0 aromatic heterocycles. The van der Waals surface area contributed by atoms with E-state index in [2.05, 4.69) is 5.32 Å². The summed E-state index contributed by atoms with van der Waals surface area (Å²) in [7, 11) is 0. The molecular weight excluding hydrogens is 293 g/mol. The first-order valence-corrected chi connectivity index (χ1v) is 6.81. The highest BCUT2D eigenvalue weighted by Gasteiger charge is 2.04. The maximum Gasteiger partial charge on any atom is 0.248 e. The van der Waals surface area contributed by atoms with Crippen molar-refractivity contribution in [3.8, 4) is 0 Å². The summed E-state index contributed by atoms with van der Waals surface area (Å²) in [5, 5.41) is 3.76. The van der Waals surface area contributed by atoms with Gasteiger partial charge in [-0.1, -0.05) is 47.5 Å². The minimum atomic E-state index is -0.181. The highest BCUT2D eigenvalue weighted by Crippen LogP contribution is 2.25. The van der Waals surface area contributed by atoms with Gasteiger partial charge in [-0.3, -0.25) is 4.79 Å². The number of amides is 1. The van der Waals surface area contributed by atoms with Crippen molar-refractivity contribution in [2.45, 2.75) is 6.92 Å². The van der Waals surface area contributed by atoms with E-state index < -0.39 is 0 Å². The molecule has 1 N–H and O–H groups in total. The van der Waals surface area contributed by atoms with Crippen molar-refractivity contribution in [3.63, 3.8) is 0 Å². The van der Waals surface area contributed by atoms with Gasteiger partial charge in [0.25, 0.3) is 0 Å². The fourth-order valence-electron chi connectivity index (χ4n) is 1.72. The molecule has 0 fully saturated rings. The lowest BCUT2D eigenvalue weighted by atomic mass is 10.1. The number of hydrogen-bond acceptors (Lipinski definition) is 1. The standard InChI is InChI=1S/C16H13Cl2NO/c1-11(12-7-8-14(17)15(18)10-12)9-16(20)19-13-5-3-2-4-6-13/h2-10H,1H3,(H,19,20)/b11-9+. The molecule has 0 aliphatic carbocycles. The van der Waals surface area contributed by atoms with Crippen LogP contribution in [-0.4, -0.2) is 5.91 Å². The Bertz CT molecular complexity index is 651. The molecule has 0 aliphatic heterocycles. The quantitative estimate of drug-likeness (QED) is 0.791. The van der Waals surface area contributed by atoms with Crippen LogP contribution in [0.15, 0.2) is 54.6 Å². The van der Waals surface area contributed by atoms with Gasteiger partial charge in [-0.25, -0.2) is 0 Å². The fraction of sp³-hybridized carbons (Fsp3) is 0.0625. The number of carbonyl (C=O) groups excluding carboxylic acids is 1. The molecule has 0 atom stereocenters. The lowest BCUT2D eigenvalue weighted by molar-refractivity contribution is -0.111. The lowest BCUT2D eigenvalue weighted by Gasteiger charge is -2.05. The number of rotatable bonds is 3. The maximum atomic E-state index is 11.9. The van der Waals surface area contributed by atoms with Crippen molar-refractivity contribution in [1.82, 2.24) is 0 Å². The Labute approximate surface area is 128 Å². The average molecular weight is 306 g/mol. The minimum Gasteiger partial charge on any atom is -0.323 e. The van der Waals surface area contributed by atoms with E-state index in [9.17, 15) is 4.79 Å². The van der Waals surface area contributed by atoms with Crippen LogP contribution in [0.3, 0.4) is 0 Å². The number of allylic oxidation sites excluding steroid dienone is 1. The molecule has 0 radical (unpaired) electrons. The number of nitrogens with one attached hydrogen (secondary N) is 1. The van der Waals surface area contributed by atoms with Crippen molar-refractivity contribution in [3.05, 3.63) is 70.2 Å². The smallest absolute Gasteiger partial charge is 0.248 e. The Balaban J connectivity index is 2.13. The Morgan fingerprint density at radius 3 is 2.40 bits per heavy atom. The van der Waals surface area contributed by atoms with Crippen LogP contribution in [0.4, 0.5) is 5.69 Å². The van der Waals surface area contributed by atoms with Crippen LogP contribution in [-0.2, 0) is 4.79 Å². The highest BCUT2D eigenvalue weighted by molar-refractivity contribution is 6.42. The lowest BCUT2D eigenvalue weighted by Crippen LogP contribution is -2.08. The summed E-state index contributed by atoms with van der Waals surface area (Å²) in [6, 6.07) is 14.6. The monoisotopic (exact) mass is 305 g/mol. The van der Waals surface area contributed by atoms with Crippen LogP contribution in [0.1, 0.15) is 12.5 Å². The third-order valence-corrected chi connectivity index (χ3v) is 3.50. The average Bonchev–Trinajstić information content (AvgIpc) is 2.42. The van der Waals surface area contributed by atoms with Gasteiger partial charge in [0.05, 0.1) is 10.0 Å². The molecule has 1 amide bonds. The molecule has 0 heterocycles. The van der Waals surface area contributed by atoms with Crippen molar-refractivity contribution >= 4 is 40.4 Å². The molecule has 0 saturated heterocycles. The Kier molecular flexibility index (Phi) is 4.83. The number of halogens is 2. The van der Waals surface area contributed by atoms with Gasteiger partial charge in [-0.2, -0.15) is 0 Å². The zero-order valence-electron chi connectivity index (χ0n) is 10.9. The van der Waals surface area contributed by atoms with E-state index in [0.717, 1.165) is 16.8 Å². The SMILES string of the molecule is C/C(=C\C(=O)Nc1ccccc1)c1ccc(Cl)c(Cl)c1. The second-order valence-electron chi connectivity index (χ2n) is 4.31. The molecule has 2 aromatic rings. The van der Waals surface area contributed by atoms with Gasteiger partial charge in [-0.15, -0.1) is 0 Å². The number of hydrogen-bond donors (Lipinski definition) is 1. The predicted molar refractivity (Wildman–Crippen MR) is 85.2 cm³/mol. The number of para-hydroxylation sites is 1. The third-order valence-electron chi connectivity index (χ3n) is 2.76. The van der Waals surface area contributed by atoms with Crippen molar-refractivity contribution in [2.75, 3.05) is 5.32 Å². The van der Waals surface area contributed by atoms with Crippen molar-refractivity contribution in [1.29, 1.82) is 0 Å². The van der Waals surface area contributed by atoms with Gasteiger partial charge in [0.2, 0.25) is 5.91 Å². The molecule has 2 aromatic carbocycles. The molecule has 2 rings (SSSR count). The van der Waals surface area contributed by atoms with Gasteiger partial charge in [-0.05, 0) is 42.3 Å². The zero-order chi connectivity index (χ0) is 14.5. The van der Waals surface area contributed by atoms with E-state index >= 15 is 0 Å². The molecule has 102 valence electrons. The van der Waals surface area contributed by atoms with E-state index in [0.29, 0.717) is 10.0 Å². The number of carbonyl (C=O) groups is 1. The van der Waals surface area contributed by atoms with Crippen LogP contribution in [0.25, 0.3) is 5.57 Å². The Morgan fingerprint density at radius 2 is 1.75 bits per heavy atom. The summed E-state index contributed by atoms with van der Waals surface area (Å²) in [6.45, 7) is 1.85. The second-order valence-corrected chi connectivity index (χ2v) is 5.13. The molecule has 4 heteroatoms. The first-order chi connectivity index (χ1) is 9.56. The third kappa shape index (κ3) is 3.86. The largest absolute Gasteiger partial charge is 0.323 e. The Morgan fingerprint density at radius 1 is 1.05 bits per heavy atom. The van der Waals surface area contributed by atoms with E-state index in [4.69, 9.17) is 23.2 Å². The molecule has 0 aliphatic rings. The van der Waals surface area contributed by atoms with Crippen LogP contribution in [0, 0.1) is 0 Å². The molecule has 20 heavy (non-hydrogen) atoms. The first kappa shape index (κ1) is 14.6. The van der Waals surface area contributed by atoms with E-state index in [1.54, 1.807) is 12.1 Å². The van der Waals surface area contributed by atoms with Gasteiger partial charge < -0.3 is 5.32 Å². The van der Waals surface area contributed by atoms with Crippen LogP contribution >= 0.6 is 23.2 Å². The van der Waals surface area contributed by atoms with E-state index in [-0.39, 0.29) is 5.91 Å². The summed E-state index contributed by atoms with van der Waals surface area (Å²) < 4.78 is 0. The maximum absolute atomic E-state index is 11.9. The Hall–Kier alpha value is -1.77. The normalized spacial score (nSPS) is 11.2. The highest BCUT2D eigenvalue weighted by atomic mass is 35.5. The predicted octanol–water partition coefficient (Wildman–Crippen LogP) is 5.04. The summed E-state index contributed by atoms with van der Waals surface area (Å²) in [5.74, 6) is -0.181. The summed E-state index contributed by atoms with van der Waals surface area (Å²) >= 11 is 11.8. The molecule has 0 unspecified atom stereocenters. The van der Waals surface area contributed by atoms with Crippen molar-refractivity contribution < 1.29 is 4.79 Å². The fourth-order valence-corrected chi connectivity index (χ4v) is 2.02. The summed E-state index contributed by atoms with van der Waals surface area (Å²) in [4.78, 5) is 11.9. The molecule has 0 bridgehead atoms. The molecular formula is C16H13Cl2NO. The first-order valence-electron chi connectivity index (χ1n) is 6.06. The van der Waals surface area contributed by atoms with Gasteiger partial charge in [0.15, 0.2) is 0 Å². The molecule has 2 nitrogen and oxygen atoms in total. The van der Waals surface area contributed by atoms with Crippen LogP contribution in [0.2, 0.25) is 10.0 Å².